The van der Waals surface area contributed by atoms with Crippen LogP contribution in [0.3, 0.4) is 0 Å². The van der Waals surface area contributed by atoms with Crippen LogP contribution in [-0.2, 0) is 14.3 Å². The highest BCUT2D eigenvalue weighted by Crippen LogP contribution is 2.40. The summed E-state index contributed by atoms with van der Waals surface area (Å²) in [6, 6.07) is 8.66. The predicted octanol–water partition coefficient (Wildman–Crippen LogP) is 1.75. The van der Waals surface area contributed by atoms with E-state index in [9.17, 15) is 14.4 Å². The van der Waals surface area contributed by atoms with E-state index < -0.39 is 12.0 Å². The van der Waals surface area contributed by atoms with Crippen molar-refractivity contribution in [2.24, 2.45) is 5.92 Å². The van der Waals surface area contributed by atoms with Gasteiger partial charge in [0, 0.05) is 11.6 Å². The van der Waals surface area contributed by atoms with Crippen LogP contribution in [0.15, 0.2) is 30.3 Å². The van der Waals surface area contributed by atoms with Crippen molar-refractivity contribution in [3.8, 4) is 0 Å². The third-order valence-electron chi connectivity index (χ3n) is 5.28. The first kappa shape index (κ1) is 17.5. The minimum atomic E-state index is -0.523. The second kappa shape index (κ2) is 7.68. The Hall–Kier alpha value is -2.37. The molecule has 1 aromatic rings. The lowest BCUT2D eigenvalue weighted by molar-refractivity contribution is -0.141. The lowest BCUT2D eigenvalue weighted by Crippen LogP contribution is -2.50. The smallest absolute Gasteiger partial charge is 0.325 e. The monoisotopic (exact) mass is 344 g/mol. The summed E-state index contributed by atoms with van der Waals surface area (Å²) in [5.41, 5.74) is 0.597. The van der Waals surface area contributed by atoms with E-state index >= 15 is 0 Å². The molecule has 1 aromatic carbocycles. The van der Waals surface area contributed by atoms with Gasteiger partial charge in [0.05, 0.1) is 7.11 Å². The van der Waals surface area contributed by atoms with Crippen LogP contribution >= 0.6 is 0 Å². The molecule has 134 valence electrons. The molecule has 3 atom stereocenters. The van der Waals surface area contributed by atoms with Crippen LogP contribution in [0.4, 0.5) is 0 Å². The summed E-state index contributed by atoms with van der Waals surface area (Å²) in [4.78, 5) is 38.8. The second-order valence-corrected chi connectivity index (χ2v) is 6.74. The van der Waals surface area contributed by atoms with Crippen LogP contribution in [0, 0.1) is 5.92 Å². The van der Waals surface area contributed by atoms with Crippen LogP contribution in [0.1, 0.15) is 42.5 Å². The summed E-state index contributed by atoms with van der Waals surface area (Å²) >= 11 is 0. The van der Waals surface area contributed by atoms with Gasteiger partial charge in [-0.25, -0.2) is 0 Å². The second-order valence-electron chi connectivity index (χ2n) is 6.74. The van der Waals surface area contributed by atoms with Crippen molar-refractivity contribution in [1.29, 1.82) is 0 Å². The molecule has 2 fully saturated rings. The van der Waals surface area contributed by atoms with Crippen LogP contribution in [0.5, 0.6) is 0 Å². The molecule has 1 saturated heterocycles. The Kier molecular flexibility index (Phi) is 5.36. The van der Waals surface area contributed by atoms with E-state index in [-0.39, 0.29) is 24.4 Å². The van der Waals surface area contributed by atoms with E-state index in [2.05, 4.69) is 10.1 Å². The van der Waals surface area contributed by atoms with Gasteiger partial charge in [0.15, 0.2) is 0 Å². The van der Waals surface area contributed by atoms with Crippen molar-refractivity contribution >= 4 is 17.8 Å². The highest BCUT2D eigenvalue weighted by molar-refractivity contribution is 5.98. The SMILES string of the molecule is COC(=O)CNC(=O)[C@@H]1C[C@@H]2CCCC[C@H]2N1C(=O)c1ccccc1. The molecule has 0 bridgehead atoms. The third-order valence-corrected chi connectivity index (χ3v) is 5.28. The number of rotatable bonds is 4. The van der Waals surface area contributed by atoms with Gasteiger partial charge in [0.2, 0.25) is 5.91 Å². The Balaban J connectivity index is 1.80. The molecule has 3 rings (SSSR count). The fraction of sp³-hybridized carbons (Fsp3) is 0.526. The van der Waals surface area contributed by atoms with Gasteiger partial charge in [-0.2, -0.15) is 0 Å². The van der Waals surface area contributed by atoms with Gasteiger partial charge in [-0.05, 0) is 37.3 Å². The Labute approximate surface area is 147 Å². The zero-order valence-corrected chi connectivity index (χ0v) is 14.4. The summed E-state index contributed by atoms with van der Waals surface area (Å²) in [7, 11) is 1.28. The van der Waals surface area contributed by atoms with E-state index in [0.717, 1.165) is 25.7 Å². The average Bonchev–Trinajstić information content (AvgIpc) is 3.05. The molecule has 0 unspecified atom stereocenters. The molecule has 6 nitrogen and oxygen atoms in total. The third kappa shape index (κ3) is 3.67. The molecule has 1 saturated carbocycles. The number of benzene rings is 1. The molecule has 2 aliphatic rings. The minimum absolute atomic E-state index is 0.104. The highest BCUT2D eigenvalue weighted by Gasteiger charge is 2.47. The maximum absolute atomic E-state index is 13.1. The number of likely N-dealkylation sites (tertiary alicyclic amines) is 1. The molecular formula is C19H24N2O4. The van der Waals surface area contributed by atoms with Crippen molar-refractivity contribution in [2.45, 2.75) is 44.2 Å². The molecule has 0 radical (unpaired) electrons. The van der Waals surface area contributed by atoms with Gasteiger partial charge >= 0.3 is 5.97 Å². The summed E-state index contributed by atoms with van der Waals surface area (Å²) in [6.07, 6.45) is 4.87. The van der Waals surface area contributed by atoms with E-state index in [1.165, 1.54) is 7.11 Å². The first-order valence-corrected chi connectivity index (χ1v) is 8.84. The average molecular weight is 344 g/mol. The molecule has 1 aliphatic carbocycles. The largest absolute Gasteiger partial charge is 0.468 e. The number of nitrogens with one attached hydrogen (secondary N) is 1. The summed E-state index contributed by atoms with van der Waals surface area (Å²) < 4.78 is 4.57. The lowest BCUT2D eigenvalue weighted by Gasteiger charge is -2.33. The summed E-state index contributed by atoms with van der Waals surface area (Å²) in [6.45, 7) is -0.172. The maximum Gasteiger partial charge on any atom is 0.325 e. The van der Waals surface area contributed by atoms with E-state index in [1.807, 2.05) is 18.2 Å². The number of amides is 2. The van der Waals surface area contributed by atoms with Crippen LogP contribution in [0.25, 0.3) is 0 Å². The van der Waals surface area contributed by atoms with Crippen LogP contribution in [-0.4, -0.2) is 48.4 Å². The normalized spacial score (nSPS) is 25.2. The maximum atomic E-state index is 13.1. The number of nitrogens with zero attached hydrogens (tertiary/aromatic N) is 1. The molecule has 6 heteroatoms. The number of fused-ring (bicyclic) bond motifs is 1. The van der Waals surface area contributed by atoms with Crippen molar-refractivity contribution in [1.82, 2.24) is 10.2 Å². The van der Waals surface area contributed by atoms with Gasteiger partial charge in [0.25, 0.3) is 5.91 Å². The van der Waals surface area contributed by atoms with Crippen molar-refractivity contribution in [3.05, 3.63) is 35.9 Å². The number of hydrogen-bond donors (Lipinski definition) is 1. The van der Waals surface area contributed by atoms with Gasteiger partial charge < -0.3 is 15.0 Å². The van der Waals surface area contributed by atoms with E-state index in [0.29, 0.717) is 17.9 Å². The highest BCUT2D eigenvalue weighted by atomic mass is 16.5. The van der Waals surface area contributed by atoms with Gasteiger partial charge in [0.1, 0.15) is 12.6 Å². The minimum Gasteiger partial charge on any atom is -0.468 e. The van der Waals surface area contributed by atoms with Gasteiger partial charge in [-0.1, -0.05) is 31.0 Å². The molecular weight excluding hydrogens is 320 g/mol. The molecule has 1 aliphatic heterocycles. The fourth-order valence-electron chi connectivity index (χ4n) is 4.07. The molecule has 2 amide bonds. The number of carbonyl (C=O) groups excluding carboxylic acids is 3. The molecule has 0 aromatic heterocycles. The Morgan fingerprint density at radius 1 is 1.16 bits per heavy atom. The van der Waals surface area contributed by atoms with Crippen molar-refractivity contribution in [2.75, 3.05) is 13.7 Å². The molecule has 1 heterocycles. The van der Waals surface area contributed by atoms with E-state index in [4.69, 9.17) is 0 Å². The van der Waals surface area contributed by atoms with Gasteiger partial charge in [-0.3, -0.25) is 14.4 Å². The molecule has 25 heavy (non-hydrogen) atoms. The van der Waals surface area contributed by atoms with Crippen LogP contribution in [0.2, 0.25) is 0 Å². The topological polar surface area (TPSA) is 75.7 Å². The van der Waals surface area contributed by atoms with Crippen LogP contribution < -0.4 is 5.32 Å². The summed E-state index contributed by atoms with van der Waals surface area (Å²) in [5.74, 6) is -0.516. The number of hydrogen-bond acceptors (Lipinski definition) is 4. The zero-order chi connectivity index (χ0) is 17.8. The quantitative estimate of drug-likeness (QED) is 0.845. The fourth-order valence-corrected chi connectivity index (χ4v) is 4.07. The Morgan fingerprint density at radius 3 is 2.60 bits per heavy atom. The van der Waals surface area contributed by atoms with Crippen molar-refractivity contribution < 1.29 is 19.1 Å². The molecule has 1 N–H and O–H groups in total. The number of esters is 1. The number of methoxy groups -OCH3 is 1. The predicted molar refractivity (Wildman–Crippen MR) is 91.8 cm³/mol. The standard InChI is InChI=1S/C19H24N2O4/c1-25-17(22)12-20-18(23)16-11-14-9-5-6-10-15(14)21(16)19(24)13-7-3-2-4-8-13/h2-4,7-8,14-16H,5-6,9-12H2,1H3,(H,20,23)/t14-,15+,16-/m0/s1. The number of ether oxygens (including phenoxy) is 1. The van der Waals surface area contributed by atoms with E-state index in [1.54, 1.807) is 17.0 Å². The lowest BCUT2D eigenvalue weighted by atomic mass is 9.84. The Morgan fingerprint density at radius 2 is 1.88 bits per heavy atom. The Bertz CT molecular complexity index is 646. The van der Waals surface area contributed by atoms with Gasteiger partial charge in [-0.15, -0.1) is 0 Å². The first-order valence-electron chi connectivity index (χ1n) is 8.84. The first-order chi connectivity index (χ1) is 12.1. The number of carbonyl (C=O) groups is 3. The van der Waals surface area contributed by atoms with Crippen molar-refractivity contribution in [3.63, 3.8) is 0 Å². The molecule has 0 spiro atoms. The summed E-state index contributed by atoms with van der Waals surface area (Å²) in [5, 5.41) is 2.61. The zero-order valence-electron chi connectivity index (χ0n) is 14.4.